The van der Waals surface area contributed by atoms with Crippen LogP contribution in [0.5, 0.6) is 5.75 Å². The molecule has 0 aliphatic carbocycles. The number of hydrogen-bond acceptors (Lipinski definition) is 4. The van der Waals surface area contributed by atoms with Gasteiger partial charge < -0.3 is 20.1 Å². The fourth-order valence-electron chi connectivity index (χ4n) is 1.87. The van der Waals surface area contributed by atoms with E-state index in [2.05, 4.69) is 15.4 Å². The summed E-state index contributed by atoms with van der Waals surface area (Å²) in [7, 11) is 0. The topological polar surface area (TPSA) is 59.6 Å². The summed E-state index contributed by atoms with van der Waals surface area (Å²) in [6.45, 7) is -0.923. The number of carbonyl (C=O) groups is 1. The number of rotatable bonds is 5. The van der Waals surface area contributed by atoms with Crippen LogP contribution in [-0.2, 0) is 16.1 Å². The predicted octanol–water partition coefficient (Wildman–Crippen LogP) is 1.31. The Balaban J connectivity index is 0.00000220. The largest absolute Gasteiger partial charge is 0.435 e. The zero-order chi connectivity index (χ0) is 14.4. The highest BCUT2D eigenvalue weighted by Crippen LogP contribution is 2.15. The van der Waals surface area contributed by atoms with Gasteiger partial charge in [0.2, 0.25) is 0 Å². The molecule has 2 rings (SSSR count). The molecular formula is C13H17ClF2N2O3. The van der Waals surface area contributed by atoms with Gasteiger partial charge in [0.15, 0.2) is 0 Å². The van der Waals surface area contributed by atoms with E-state index in [-0.39, 0.29) is 30.6 Å². The zero-order valence-corrected chi connectivity index (χ0v) is 12.0. The first kappa shape index (κ1) is 17.6. The van der Waals surface area contributed by atoms with Crippen LogP contribution >= 0.6 is 12.4 Å². The Morgan fingerprint density at radius 3 is 3.00 bits per heavy atom. The number of morpholine rings is 1. The second kappa shape index (κ2) is 8.76. The van der Waals surface area contributed by atoms with Gasteiger partial charge >= 0.3 is 6.61 Å². The van der Waals surface area contributed by atoms with E-state index in [4.69, 9.17) is 4.74 Å². The van der Waals surface area contributed by atoms with Gasteiger partial charge in [0, 0.05) is 19.6 Å². The molecule has 1 amide bonds. The van der Waals surface area contributed by atoms with Crippen molar-refractivity contribution in [2.24, 2.45) is 0 Å². The molecule has 21 heavy (non-hydrogen) atoms. The highest BCUT2D eigenvalue weighted by Gasteiger charge is 2.21. The Morgan fingerprint density at radius 2 is 2.33 bits per heavy atom. The van der Waals surface area contributed by atoms with Crippen LogP contribution in [0, 0.1) is 0 Å². The average molecular weight is 323 g/mol. The standard InChI is InChI=1S/C13H16F2N2O3.ClH/c14-13(15)20-10-3-1-2-9(6-10)7-17-12(18)11-8-16-4-5-19-11;/h1-3,6,11,13,16H,4-5,7-8H2,(H,17,18);1H. The normalized spacial score (nSPS) is 18.0. The lowest BCUT2D eigenvalue weighted by atomic mass is 10.2. The number of ether oxygens (including phenoxy) is 2. The Morgan fingerprint density at radius 1 is 1.52 bits per heavy atom. The number of hydrogen-bond donors (Lipinski definition) is 2. The Hall–Kier alpha value is -1.44. The van der Waals surface area contributed by atoms with Crippen molar-refractivity contribution in [3.05, 3.63) is 29.8 Å². The Kier molecular flexibility index (Phi) is 7.35. The van der Waals surface area contributed by atoms with E-state index in [0.717, 1.165) is 6.54 Å². The number of nitrogens with one attached hydrogen (secondary N) is 2. The van der Waals surface area contributed by atoms with Crippen LogP contribution in [0.15, 0.2) is 24.3 Å². The molecule has 5 nitrogen and oxygen atoms in total. The summed E-state index contributed by atoms with van der Waals surface area (Å²) in [5, 5.41) is 5.76. The highest BCUT2D eigenvalue weighted by atomic mass is 35.5. The average Bonchev–Trinajstić information content (AvgIpc) is 2.45. The molecule has 0 aromatic heterocycles. The SMILES string of the molecule is Cl.O=C(NCc1cccc(OC(F)F)c1)C1CNCCO1. The molecule has 8 heteroatoms. The Bertz CT molecular complexity index is 457. The second-order valence-corrected chi connectivity index (χ2v) is 4.31. The molecule has 1 unspecified atom stereocenters. The minimum atomic E-state index is -2.86. The highest BCUT2D eigenvalue weighted by molar-refractivity contribution is 5.85. The van der Waals surface area contributed by atoms with Gasteiger partial charge in [-0.2, -0.15) is 8.78 Å². The molecule has 0 spiro atoms. The van der Waals surface area contributed by atoms with E-state index in [1.807, 2.05) is 0 Å². The number of benzene rings is 1. The Labute approximate surface area is 127 Å². The van der Waals surface area contributed by atoms with Gasteiger partial charge in [0.25, 0.3) is 5.91 Å². The van der Waals surface area contributed by atoms with Crippen LogP contribution in [0.1, 0.15) is 5.56 Å². The molecule has 2 N–H and O–H groups in total. The minimum absolute atomic E-state index is 0. The van der Waals surface area contributed by atoms with Gasteiger partial charge in [-0.15, -0.1) is 12.4 Å². The van der Waals surface area contributed by atoms with E-state index in [1.165, 1.54) is 12.1 Å². The van der Waals surface area contributed by atoms with Crippen molar-refractivity contribution in [2.75, 3.05) is 19.7 Å². The molecule has 1 atom stereocenters. The zero-order valence-electron chi connectivity index (χ0n) is 11.2. The van der Waals surface area contributed by atoms with E-state index in [9.17, 15) is 13.6 Å². The first-order valence-electron chi connectivity index (χ1n) is 6.29. The van der Waals surface area contributed by atoms with E-state index in [0.29, 0.717) is 18.7 Å². The van der Waals surface area contributed by atoms with Crippen LogP contribution in [0.25, 0.3) is 0 Å². The predicted molar refractivity (Wildman–Crippen MR) is 74.8 cm³/mol. The molecule has 1 aromatic carbocycles. The first-order chi connectivity index (χ1) is 9.65. The van der Waals surface area contributed by atoms with E-state index < -0.39 is 12.7 Å². The molecular weight excluding hydrogens is 306 g/mol. The summed E-state index contributed by atoms with van der Waals surface area (Å²) in [4.78, 5) is 11.8. The maximum Gasteiger partial charge on any atom is 0.387 e. The molecule has 0 saturated carbocycles. The molecule has 1 aliphatic rings. The van der Waals surface area contributed by atoms with Gasteiger partial charge in [-0.1, -0.05) is 12.1 Å². The lowest BCUT2D eigenvalue weighted by molar-refractivity contribution is -0.134. The van der Waals surface area contributed by atoms with Crippen molar-refractivity contribution in [3.8, 4) is 5.75 Å². The van der Waals surface area contributed by atoms with Crippen molar-refractivity contribution in [1.82, 2.24) is 10.6 Å². The summed E-state index contributed by atoms with van der Waals surface area (Å²) in [5.41, 5.74) is 0.681. The molecule has 118 valence electrons. The first-order valence-corrected chi connectivity index (χ1v) is 6.29. The fraction of sp³-hybridized carbons (Fsp3) is 0.462. The van der Waals surface area contributed by atoms with Gasteiger partial charge in [0.1, 0.15) is 11.9 Å². The van der Waals surface area contributed by atoms with Gasteiger partial charge in [-0.3, -0.25) is 4.79 Å². The maximum atomic E-state index is 12.1. The van der Waals surface area contributed by atoms with Crippen molar-refractivity contribution >= 4 is 18.3 Å². The maximum absolute atomic E-state index is 12.1. The summed E-state index contributed by atoms with van der Waals surface area (Å²) >= 11 is 0. The van der Waals surface area contributed by atoms with Crippen molar-refractivity contribution in [2.45, 2.75) is 19.3 Å². The monoisotopic (exact) mass is 322 g/mol. The molecule has 0 radical (unpaired) electrons. The third kappa shape index (κ3) is 5.82. The molecule has 1 heterocycles. The summed E-state index contributed by atoms with van der Waals surface area (Å²) < 4.78 is 33.8. The van der Waals surface area contributed by atoms with Gasteiger partial charge in [-0.25, -0.2) is 0 Å². The van der Waals surface area contributed by atoms with Crippen LogP contribution in [0.4, 0.5) is 8.78 Å². The number of halogens is 3. The minimum Gasteiger partial charge on any atom is -0.435 e. The quantitative estimate of drug-likeness (QED) is 0.858. The van der Waals surface area contributed by atoms with E-state index in [1.54, 1.807) is 12.1 Å². The lowest BCUT2D eigenvalue weighted by Gasteiger charge is -2.22. The number of amides is 1. The van der Waals surface area contributed by atoms with Crippen LogP contribution in [0.2, 0.25) is 0 Å². The summed E-state index contributed by atoms with van der Waals surface area (Å²) in [6.07, 6.45) is -0.510. The van der Waals surface area contributed by atoms with Crippen LogP contribution in [0.3, 0.4) is 0 Å². The fourth-order valence-corrected chi connectivity index (χ4v) is 1.87. The third-order valence-corrected chi connectivity index (χ3v) is 2.81. The van der Waals surface area contributed by atoms with Crippen molar-refractivity contribution in [3.63, 3.8) is 0 Å². The smallest absolute Gasteiger partial charge is 0.387 e. The summed E-state index contributed by atoms with van der Waals surface area (Å²) in [6, 6.07) is 6.22. The van der Waals surface area contributed by atoms with Crippen LogP contribution in [-0.4, -0.2) is 38.3 Å². The van der Waals surface area contributed by atoms with Crippen molar-refractivity contribution in [1.29, 1.82) is 0 Å². The lowest BCUT2D eigenvalue weighted by Crippen LogP contribution is -2.47. The van der Waals surface area contributed by atoms with Gasteiger partial charge in [0.05, 0.1) is 6.61 Å². The molecule has 1 aromatic rings. The molecule has 1 saturated heterocycles. The number of carbonyl (C=O) groups excluding carboxylic acids is 1. The van der Waals surface area contributed by atoms with Crippen LogP contribution < -0.4 is 15.4 Å². The third-order valence-electron chi connectivity index (χ3n) is 2.81. The van der Waals surface area contributed by atoms with Crippen molar-refractivity contribution < 1.29 is 23.0 Å². The number of alkyl halides is 2. The molecule has 1 aliphatic heterocycles. The summed E-state index contributed by atoms with van der Waals surface area (Å²) in [5.74, 6) is -0.153. The van der Waals surface area contributed by atoms with E-state index >= 15 is 0 Å². The van der Waals surface area contributed by atoms with Gasteiger partial charge in [-0.05, 0) is 17.7 Å². The molecule has 0 bridgehead atoms. The second-order valence-electron chi connectivity index (χ2n) is 4.31. The molecule has 1 fully saturated rings.